The van der Waals surface area contributed by atoms with E-state index >= 15 is 0 Å². The van der Waals surface area contributed by atoms with Crippen LogP contribution in [0.15, 0.2) is 42.6 Å². The highest BCUT2D eigenvalue weighted by Crippen LogP contribution is 2.26. The lowest BCUT2D eigenvalue weighted by atomic mass is 10.2. The van der Waals surface area contributed by atoms with Gasteiger partial charge in [0.2, 0.25) is 0 Å². The van der Waals surface area contributed by atoms with Crippen LogP contribution in [-0.4, -0.2) is 26.2 Å². The molecule has 0 saturated carbocycles. The minimum absolute atomic E-state index is 0.284. The van der Waals surface area contributed by atoms with E-state index in [1.807, 2.05) is 24.3 Å². The maximum atomic E-state index is 9.68. The van der Waals surface area contributed by atoms with Gasteiger partial charge < -0.3 is 15.0 Å². The lowest BCUT2D eigenvalue weighted by Gasteiger charge is -2.14. The van der Waals surface area contributed by atoms with Crippen molar-refractivity contribution in [1.29, 1.82) is 0 Å². The smallest absolute Gasteiger partial charge is 0.160 e. The lowest BCUT2D eigenvalue weighted by molar-refractivity contribution is 0.474. The van der Waals surface area contributed by atoms with Gasteiger partial charge in [0.05, 0.1) is 12.6 Å². The van der Waals surface area contributed by atoms with E-state index in [-0.39, 0.29) is 11.8 Å². The van der Waals surface area contributed by atoms with Crippen LogP contribution in [0.4, 0.5) is 0 Å². The molecule has 3 heterocycles. The average Bonchev–Trinajstić information content (AvgIpc) is 3.15. The fraction of sp³-hybridized carbons (Fsp3) is 0.294. The highest BCUT2D eigenvalue weighted by molar-refractivity contribution is 5.71. The molecule has 2 aromatic heterocycles. The molecule has 112 valence electrons. The molecule has 1 atom stereocenters. The number of hydrogen-bond donors (Lipinski definition) is 2. The van der Waals surface area contributed by atoms with Crippen molar-refractivity contribution < 1.29 is 5.11 Å². The molecule has 1 aromatic carbocycles. The second-order valence-electron chi connectivity index (χ2n) is 5.72. The minimum atomic E-state index is 0.284. The summed E-state index contributed by atoms with van der Waals surface area (Å²) >= 11 is 0. The number of nitrogens with one attached hydrogen (secondary N) is 1. The van der Waals surface area contributed by atoms with Crippen LogP contribution >= 0.6 is 0 Å². The predicted octanol–water partition coefficient (Wildman–Crippen LogP) is 2.61. The van der Waals surface area contributed by atoms with Gasteiger partial charge in [0.1, 0.15) is 17.1 Å². The summed E-state index contributed by atoms with van der Waals surface area (Å²) in [6.07, 6.45) is 4.08. The third-order valence-corrected chi connectivity index (χ3v) is 4.16. The lowest BCUT2D eigenvalue weighted by Crippen LogP contribution is -2.18. The zero-order valence-corrected chi connectivity index (χ0v) is 12.2. The van der Waals surface area contributed by atoms with Gasteiger partial charge in [0.15, 0.2) is 5.65 Å². The van der Waals surface area contributed by atoms with Crippen molar-refractivity contribution in [3.8, 4) is 5.75 Å². The van der Waals surface area contributed by atoms with E-state index in [4.69, 9.17) is 4.98 Å². The summed E-state index contributed by atoms with van der Waals surface area (Å²) in [7, 11) is 0. The fourth-order valence-corrected chi connectivity index (χ4v) is 3.14. The summed E-state index contributed by atoms with van der Waals surface area (Å²) in [4.78, 5) is 9.29. The number of imidazole rings is 1. The van der Waals surface area contributed by atoms with Crippen molar-refractivity contribution in [3.63, 3.8) is 0 Å². The summed E-state index contributed by atoms with van der Waals surface area (Å²) in [5.74, 6) is 1.32. The summed E-state index contributed by atoms with van der Waals surface area (Å²) in [6, 6.07) is 11.6. The second kappa shape index (κ2) is 5.42. The number of phenols is 1. The third kappa shape index (κ3) is 2.33. The average molecular weight is 294 g/mol. The maximum absolute atomic E-state index is 9.68. The summed E-state index contributed by atoms with van der Waals surface area (Å²) in [5, 5.41) is 13.2. The molecule has 0 aliphatic carbocycles. The Hall–Kier alpha value is -2.40. The third-order valence-electron chi connectivity index (χ3n) is 4.16. The van der Waals surface area contributed by atoms with Crippen molar-refractivity contribution in [2.45, 2.75) is 25.4 Å². The number of pyridine rings is 1. The van der Waals surface area contributed by atoms with Gasteiger partial charge in [0.25, 0.3) is 0 Å². The molecule has 4 rings (SSSR count). The van der Waals surface area contributed by atoms with Gasteiger partial charge in [-0.1, -0.05) is 12.1 Å². The molecule has 1 saturated heterocycles. The molecule has 1 fully saturated rings. The Bertz CT molecular complexity index is 805. The van der Waals surface area contributed by atoms with Crippen LogP contribution in [0.5, 0.6) is 5.75 Å². The van der Waals surface area contributed by atoms with Crippen molar-refractivity contribution in [2.75, 3.05) is 6.54 Å². The van der Waals surface area contributed by atoms with Crippen LogP contribution in [0.25, 0.3) is 11.2 Å². The Labute approximate surface area is 128 Å². The Morgan fingerprint density at radius 1 is 1.27 bits per heavy atom. The molecular weight excluding hydrogens is 276 g/mol. The molecule has 1 unspecified atom stereocenters. The molecule has 0 spiro atoms. The zero-order valence-electron chi connectivity index (χ0n) is 12.2. The topological polar surface area (TPSA) is 63.0 Å². The highest BCUT2D eigenvalue weighted by Gasteiger charge is 2.23. The second-order valence-corrected chi connectivity index (χ2v) is 5.72. The van der Waals surface area contributed by atoms with E-state index in [0.717, 1.165) is 35.5 Å². The van der Waals surface area contributed by atoms with Crippen LogP contribution in [0.3, 0.4) is 0 Å². The number of rotatable bonds is 3. The van der Waals surface area contributed by atoms with E-state index in [1.54, 1.807) is 18.3 Å². The van der Waals surface area contributed by atoms with Crippen molar-refractivity contribution in [2.24, 2.45) is 0 Å². The molecule has 0 bridgehead atoms. The van der Waals surface area contributed by atoms with E-state index in [1.165, 1.54) is 6.42 Å². The van der Waals surface area contributed by atoms with Crippen LogP contribution in [0.1, 0.15) is 30.3 Å². The molecule has 0 radical (unpaired) electrons. The predicted molar refractivity (Wildman–Crippen MR) is 84.7 cm³/mol. The van der Waals surface area contributed by atoms with Crippen molar-refractivity contribution in [3.05, 3.63) is 54.0 Å². The SMILES string of the molecule is Oc1cccc(Cn2c(C3CCCN3)nc3cccnc32)c1. The monoisotopic (exact) mass is 294 g/mol. The molecular formula is C17H18N4O. The summed E-state index contributed by atoms with van der Waals surface area (Å²) in [6.45, 7) is 1.70. The van der Waals surface area contributed by atoms with Gasteiger partial charge in [-0.2, -0.15) is 0 Å². The Kier molecular flexibility index (Phi) is 3.27. The first-order valence-electron chi connectivity index (χ1n) is 7.64. The van der Waals surface area contributed by atoms with E-state index in [9.17, 15) is 5.11 Å². The number of phenolic OH excluding ortho intramolecular Hbond substituents is 1. The Morgan fingerprint density at radius 2 is 2.23 bits per heavy atom. The van der Waals surface area contributed by atoms with Crippen molar-refractivity contribution >= 4 is 11.2 Å². The van der Waals surface area contributed by atoms with Gasteiger partial charge >= 0.3 is 0 Å². The van der Waals surface area contributed by atoms with Crippen LogP contribution in [0.2, 0.25) is 0 Å². The number of fused-ring (bicyclic) bond motifs is 1. The Balaban J connectivity index is 1.81. The van der Waals surface area contributed by atoms with Gasteiger partial charge in [0, 0.05) is 6.20 Å². The number of aromatic nitrogens is 3. The number of hydrogen-bond acceptors (Lipinski definition) is 4. The first-order valence-corrected chi connectivity index (χ1v) is 7.64. The van der Waals surface area contributed by atoms with Crippen molar-refractivity contribution in [1.82, 2.24) is 19.9 Å². The zero-order chi connectivity index (χ0) is 14.9. The molecule has 5 heteroatoms. The fourth-order valence-electron chi connectivity index (χ4n) is 3.14. The molecule has 0 amide bonds. The normalized spacial score (nSPS) is 18.1. The molecule has 5 nitrogen and oxygen atoms in total. The van der Waals surface area contributed by atoms with E-state index < -0.39 is 0 Å². The van der Waals surface area contributed by atoms with Gasteiger partial charge in [-0.15, -0.1) is 0 Å². The number of aromatic hydroxyl groups is 1. The molecule has 1 aliphatic rings. The molecule has 3 aromatic rings. The first kappa shape index (κ1) is 13.3. The van der Waals surface area contributed by atoms with Crippen LogP contribution in [0, 0.1) is 0 Å². The van der Waals surface area contributed by atoms with Crippen LogP contribution < -0.4 is 5.32 Å². The highest BCUT2D eigenvalue weighted by atomic mass is 16.3. The first-order chi connectivity index (χ1) is 10.8. The molecule has 1 aliphatic heterocycles. The maximum Gasteiger partial charge on any atom is 0.160 e. The minimum Gasteiger partial charge on any atom is -0.508 e. The molecule has 2 N–H and O–H groups in total. The standard InChI is InChI=1S/C17H18N4O/c22-13-5-1-4-12(10-13)11-21-16-15(7-3-9-19-16)20-17(21)14-6-2-8-18-14/h1,3-5,7,9-10,14,18,22H,2,6,8,11H2. The van der Waals surface area contributed by atoms with E-state index in [2.05, 4.69) is 14.9 Å². The van der Waals surface area contributed by atoms with E-state index in [0.29, 0.717) is 6.54 Å². The summed E-state index contributed by atoms with van der Waals surface area (Å²) < 4.78 is 2.16. The largest absolute Gasteiger partial charge is 0.508 e. The number of benzene rings is 1. The molecule has 22 heavy (non-hydrogen) atoms. The quantitative estimate of drug-likeness (QED) is 0.779. The van der Waals surface area contributed by atoms with Crippen LogP contribution in [-0.2, 0) is 6.54 Å². The van der Waals surface area contributed by atoms with Gasteiger partial charge in [-0.25, -0.2) is 9.97 Å². The van der Waals surface area contributed by atoms with Gasteiger partial charge in [-0.05, 0) is 49.2 Å². The Morgan fingerprint density at radius 3 is 3.05 bits per heavy atom. The van der Waals surface area contributed by atoms with Gasteiger partial charge in [-0.3, -0.25) is 0 Å². The number of nitrogens with zero attached hydrogens (tertiary/aromatic N) is 3. The summed E-state index contributed by atoms with van der Waals surface area (Å²) in [5.41, 5.74) is 2.87.